The van der Waals surface area contributed by atoms with Crippen molar-refractivity contribution in [3.63, 3.8) is 0 Å². The van der Waals surface area contributed by atoms with Crippen molar-refractivity contribution >= 4 is 28.4 Å². The van der Waals surface area contributed by atoms with Gasteiger partial charge in [0.15, 0.2) is 0 Å². The summed E-state index contributed by atoms with van der Waals surface area (Å²) < 4.78 is 0. The predicted octanol–water partition coefficient (Wildman–Crippen LogP) is 3.11. The van der Waals surface area contributed by atoms with Gasteiger partial charge in [0.25, 0.3) is 5.56 Å². The van der Waals surface area contributed by atoms with Crippen LogP contribution in [-0.4, -0.2) is 9.97 Å². The lowest BCUT2D eigenvalue weighted by molar-refractivity contribution is 1.04. The number of fused-ring (bicyclic) bond motifs is 1. The smallest absolute Gasteiger partial charge is 0.258 e. The van der Waals surface area contributed by atoms with Crippen LogP contribution >= 0.6 is 11.8 Å². The normalized spacial score (nSPS) is 10.9. The lowest BCUT2D eigenvalue weighted by Crippen LogP contribution is -2.11. The summed E-state index contributed by atoms with van der Waals surface area (Å²) in [6, 6.07) is 13.3. The summed E-state index contributed by atoms with van der Waals surface area (Å²) in [5.74, 6) is 1.29. The van der Waals surface area contributed by atoms with Crippen molar-refractivity contribution in [2.45, 2.75) is 17.6 Å². The maximum Gasteiger partial charge on any atom is 0.258 e. The molecule has 0 fully saturated rings. The molecule has 3 aromatic rings. The summed E-state index contributed by atoms with van der Waals surface area (Å²) in [4.78, 5) is 20.4. The van der Waals surface area contributed by atoms with Crippen LogP contribution in [0.15, 0.2) is 52.2 Å². The minimum atomic E-state index is -0.0929. The molecule has 0 radical (unpaired) electrons. The molecule has 0 atom stereocenters. The number of benzene rings is 2. The van der Waals surface area contributed by atoms with Gasteiger partial charge < -0.3 is 10.7 Å². The summed E-state index contributed by atoms with van der Waals surface area (Å²) in [5.41, 5.74) is 8.29. The second-order valence-electron chi connectivity index (χ2n) is 4.84. The Labute approximate surface area is 126 Å². The zero-order valence-corrected chi connectivity index (χ0v) is 12.4. The number of aromatic nitrogens is 2. The van der Waals surface area contributed by atoms with Gasteiger partial charge in [0.05, 0.1) is 16.7 Å². The lowest BCUT2D eigenvalue weighted by Gasteiger charge is -2.05. The second-order valence-corrected chi connectivity index (χ2v) is 5.89. The Morgan fingerprint density at radius 2 is 2.05 bits per heavy atom. The average Bonchev–Trinajstić information content (AvgIpc) is 2.49. The molecule has 1 heterocycles. The number of nitrogens with one attached hydrogen (secondary N) is 1. The van der Waals surface area contributed by atoms with E-state index in [4.69, 9.17) is 5.73 Å². The number of para-hydroxylation sites is 1. The van der Waals surface area contributed by atoms with Crippen molar-refractivity contribution in [2.24, 2.45) is 0 Å². The molecular weight excluding hydrogens is 282 g/mol. The molecule has 0 unspecified atom stereocenters. The topological polar surface area (TPSA) is 71.8 Å². The molecule has 0 saturated heterocycles. The fourth-order valence-electron chi connectivity index (χ4n) is 2.09. The number of nitrogen functional groups attached to an aromatic ring is 1. The summed E-state index contributed by atoms with van der Waals surface area (Å²) >= 11 is 1.63. The van der Waals surface area contributed by atoms with E-state index in [1.54, 1.807) is 17.8 Å². The quantitative estimate of drug-likeness (QED) is 0.575. The predicted molar refractivity (Wildman–Crippen MR) is 87.5 cm³/mol. The first kappa shape index (κ1) is 13.7. The number of aromatic amines is 1. The van der Waals surface area contributed by atoms with Gasteiger partial charge in [-0.25, -0.2) is 4.98 Å². The molecule has 1 aromatic heterocycles. The number of aryl methyl sites for hydroxylation is 1. The lowest BCUT2D eigenvalue weighted by atomic mass is 10.2. The molecule has 0 amide bonds. The Kier molecular flexibility index (Phi) is 3.66. The third-order valence-corrected chi connectivity index (χ3v) is 4.28. The van der Waals surface area contributed by atoms with E-state index in [2.05, 4.69) is 9.97 Å². The fourth-order valence-corrected chi connectivity index (χ4v) is 2.96. The molecule has 0 spiro atoms. The molecule has 2 aromatic carbocycles. The Morgan fingerprint density at radius 1 is 1.24 bits per heavy atom. The Bertz CT molecular complexity index is 858. The van der Waals surface area contributed by atoms with Crippen LogP contribution in [0, 0.1) is 6.92 Å². The summed E-state index contributed by atoms with van der Waals surface area (Å²) in [6.45, 7) is 1.98. The maximum absolute atomic E-state index is 12.0. The second kappa shape index (κ2) is 5.61. The van der Waals surface area contributed by atoms with Crippen LogP contribution in [-0.2, 0) is 5.75 Å². The Morgan fingerprint density at radius 3 is 2.86 bits per heavy atom. The van der Waals surface area contributed by atoms with E-state index in [1.807, 2.05) is 43.3 Å². The molecule has 3 N–H and O–H groups in total. The number of anilines is 1. The van der Waals surface area contributed by atoms with Gasteiger partial charge in [-0.05, 0) is 42.8 Å². The van der Waals surface area contributed by atoms with Crippen LogP contribution in [0.2, 0.25) is 0 Å². The standard InChI is InChI=1S/C16H15N3OS/c1-10-8-11(6-7-13(10)17)21-9-15-18-14-5-3-2-4-12(14)16(20)19-15/h2-8H,9,17H2,1H3,(H,18,19,20). The van der Waals surface area contributed by atoms with Gasteiger partial charge in [-0.3, -0.25) is 4.79 Å². The molecule has 0 aliphatic carbocycles. The number of rotatable bonds is 3. The number of H-pyrrole nitrogens is 1. The van der Waals surface area contributed by atoms with Crippen LogP contribution in [0.1, 0.15) is 11.4 Å². The van der Waals surface area contributed by atoms with Crippen LogP contribution < -0.4 is 11.3 Å². The Hall–Kier alpha value is -2.27. The number of nitrogens with zero attached hydrogens (tertiary/aromatic N) is 1. The first-order valence-electron chi connectivity index (χ1n) is 6.60. The summed E-state index contributed by atoms with van der Waals surface area (Å²) in [6.07, 6.45) is 0. The van der Waals surface area contributed by atoms with E-state index in [0.717, 1.165) is 21.7 Å². The van der Waals surface area contributed by atoms with E-state index in [9.17, 15) is 4.79 Å². The minimum absolute atomic E-state index is 0.0929. The molecule has 21 heavy (non-hydrogen) atoms. The highest BCUT2D eigenvalue weighted by Crippen LogP contribution is 2.24. The number of hydrogen-bond donors (Lipinski definition) is 2. The van der Waals surface area contributed by atoms with E-state index in [1.165, 1.54) is 0 Å². The number of hydrogen-bond acceptors (Lipinski definition) is 4. The highest BCUT2D eigenvalue weighted by Gasteiger charge is 2.04. The summed E-state index contributed by atoms with van der Waals surface area (Å²) in [5, 5.41) is 0.620. The maximum atomic E-state index is 12.0. The van der Waals surface area contributed by atoms with Gasteiger partial charge in [-0.15, -0.1) is 11.8 Å². The molecule has 3 rings (SSSR count). The SMILES string of the molecule is Cc1cc(SCc2nc3ccccc3c(=O)[nH]2)ccc1N. The highest BCUT2D eigenvalue weighted by molar-refractivity contribution is 7.98. The van der Waals surface area contributed by atoms with E-state index in [-0.39, 0.29) is 5.56 Å². The Balaban J connectivity index is 1.85. The van der Waals surface area contributed by atoms with Gasteiger partial charge in [0, 0.05) is 10.6 Å². The van der Waals surface area contributed by atoms with Crippen molar-refractivity contribution in [3.8, 4) is 0 Å². The van der Waals surface area contributed by atoms with Crippen molar-refractivity contribution in [1.82, 2.24) is 9.97 Å². The van der Waals surface area contributed by atoms with Crippen molar-refractivity contribution in [2.75, 3.05) is 5.73 Å². The molecule has 106 valence electrons. The third-order valence-electron chi connectivity index (χ3n) is 3.28. The van der Waals surface area contributed by atoms with E-state index in [0.29, 0.717) is 17.0 Å². The largest absolute Gasteiger partial charge is 0.399 e. The average molecular weight is 297 g/mol. The van der Waals surface area contributed by atoms with Gasteiger partial charge in [-0.2, -0.15) is 0 Å². The van der Waals surface area contributed by atoms with Crippen molar-refractivity contribution in [3.05, 3.63) is 64.2 Å². The number of nitrogens with two attached hydrogens (primary N) is 1. The van der Waals surface area contributed by atoms with Gasteiger partial charge in [-0.1, -0.05) is 12.1 Å². The van der Waals surface area contributed by atoms with Gasteiger partial charge in [0.2, 0.25) is 0 Å². The first-order chi connectivity index (χ1) is 10.1. The van der Waals surface area contributed by atoms with Crippen LogP contribution in [0.3, 0.4) is 0 Å². The minimum Gasteiger partial charge on any atom is -0.399 e. The molecule has 0 saturated carbocycles. The third kappa shape index (κ3) is 2.92. The highest BCUT2D eigenvalue weighted by atomic mass is 32.2. The zero-order valence-electron chi connectivity index (χ0n) is 11.6. The molecule has 0 bridgehead atoms. The number of thioether (sulfide) groups is 1. The fraction of sp³-hybridized carbons (Fsp3) is 0.125. The van der Waals surface area contributed by atoms with Gasteiger partial charge in [0.1, 0.15) is 5.82 Å². The monoisotopic (exact) mass is 297 g/mol. The molecule has 0 aliphatic heterocycles. The molecular formula is C16H15N3OS. The van der Waals surface area contributed by atoms with Crippen LogP contribution in [0.4, 0.5) is 5.69 Å². The van der Waals surface area contributed by atoms with Crippen molar-refractivity contribution < 1.29 is 0 Å². The summed E-state index contributed by atoms with van der Waals surface area (Å²) in [7, 11) is 0. The van der Waals surface area contributed by atoms with E-state index >= 15 is 0 Å². The van der Waals surface area contributed by atoms with E-state index < -0.39 is 0 Å². The zero-order chi connectivity index (χ0) is 14.8. The van der Waals surface area contributed by atoms with Crippen LogP contribution in [0.5, 0.6) is 0 Å². The first-order valence-corrected chi connectivity index (χ1v) is 7.59. The molecule has 0 aliphatic rings. The van der Waals surface area contributed by atoms with Gasteiger partial charge >= 0.3 is 0 Å². The van der Waals surface area contributed by atoms with Crippen molar-refractivity contribution in [1.29, 1.82) is 0 Å². The molecule has 5 heteroatoms. The van der Waals surface area contributed by atoms with Crippen LogP contribution in [0.25, 0.3) is 10.9 Å². The molecule has 4 nitrogen and oxygen atoms in total.